The Morgan fingerprint density at radius 1 is 0.968 bits per heavy atom. The summed E-state index contributed by atoms with van der Waals surface area (Å²) < 4.78 is 61.6. The molecule has 0 amide bonds. The SMILES string of the molecule is C#CC1(CO[P@@](=O)(NC(Cc2ccccc2)C(=O)OCC(CC)CC)Oc2ccccc2)OC(n2cnc3c(N)nc(F)nc32)CC1OC(=O)CCCCCCCCCCCCC. The number of carbonyl (C=O) groups excluding carboxylic acids is 2. The summed E-state index contributed by atoms with van der Waals surface area (Å²) in [5, 5.41) is 2.86. The number of esters is 2. The summed E-state index contributed by atoms with van der Waals surface area (Å²) in [6, 6.07) is 16.3. The lowest BCUT2D eigenvalue weighted by Crippen LogP contribution is -2.46. The zero-order valence-electron chi connectivity index (χ0n) is 36.9. The Morgan fingerprint density at radius 3 is 2.24 bits per heavy atom. The number of imidazole rings is 1. The minimum absolute atomic E-state index is 0.0279. The van der Waals surface area contributed by atoms with Gasteiger partial charge in [-0.15, -0.1) is 6.42 Å². The van der Waals surface area contributed by atoms with Crippen molar-refractivity contribution in [1.29, 1.82) is 0 Å². The first-order valence-corrected chi connectivity index (χ1v) is 24.0. The van der Waals surface area contributed by atoms with E-state index in [9.17, 15) is 14.0 Å². The number of halogens is 1. The molecule has 14 nitrogen and oxygen atoms in total. The fourth-order valence-electron chi connectivity index (χ4n) is 7.56. The number of nitrogens with two attached hydrogens (primary N) is 1. The number of nitrogen functional groups attached to an aromatic ring is 1. The van der Waals surface area contributed by atoms with Crippen molar-refractivity contribution in [3.63, 3.8) is 0 Å². The standard InChI is InChI=1S/C47H64FN6O8P/c1-5-9-10-11-12-13-14-15-16-17-24-29-41(55)60-39-31-40(54-34-50-42-43(49)51-46(48)52-44(42)54)61-47(39,8-4)33-59-63(57,62-37-27-22-19-23-28-37)53-38(30-36-25-20-18-21-26-36)45(56)58-32-35(6-2)7-3/h4,18-23,25-28,34-35,38-40H,5-7,9-17,24,29-33H2,1-3H3,(H,53,57)(H2,49,51,52)/t38?,39?,40?,47?,63-/m0/s1. The maximum Gasteiger partial charge on any atom is 0.459 e. The Balaban J connectivity index is 1.37. The van der Waals surface area contributed by atoms with Gasteiger partial charge in [0.25, 0.3) is 0 Å². The molecule has 4 unspecified atom stereocenters. The molecule has 5 rings (SSSR count). The summed E-state index contributed by atoms with van der Waals surface area (Å²) in [4.78, 5) is 39.1. The summed E-state index contributed by atoms with van der Waals surface area (Å²) in [7, 11) is -4.56. The number of hydrogen-bond acceptors (Lipinski definition) is 12. The van der Waals surface area contributed by atoms with Crippen LogP contribution in [-0.4, -0.2) is 62.4 Å². The van der Waals surface area contributed by atoms with Crippen LogP contribution in [0.5, 0.6) is 5.75 Å². The summed E-state index contributed by atoms with van der Waals surface area (Å²) in [6.07, 6.45) is 18.5. The van der Waals surface area contributed by atoms with Gasteiger partial charge in [-0.2, -0.15) is 19.4 Å². The van der Waals surface area contributed by atoms with Gasteiger partial charge in [0.1, 0.15) is 30.7 Å². The molecule has 1 aliphatic heterocycles. The van der Waals surface area contributed by atoms with E-state index in [0.29, 0.717) is 6.42 Å². The van der Waals surface area contributed by atoms with E-state index in [0.717, 1.165) is 37.7 Å². The largest absolute Gasteiger partial charge is 0.464 e. The van der Waals surface area contributed by atoms with Crippen LogP contribution in [0.25, 0.3) is 11.2 Å². The Hall–Kier alpha value is -4.87. The summed E-state index contributed by atoms with van der Waals surface area (Å²) in [5.74, 6) is 1.61. The predicted molar refractivity (Wildman–Crippen MR) is 240 cm³/mol. The van der Waals surface area contributed by atoms with Crippen molar-refractivity contribution >= 4 is 36.7 Å². The van der Waals surface area contributed by atoms with E-state index in [-0.39, 0.29) is 54.5 Å². The van der Waals surface area contributed by atoms with Gasteiger partial charge in [-0.3, -0.25) is 18.7 Å². The number of carbonyl (C=O) groups is 2. The monoisotopic (exact) mass is 890 g/mol. The molecule has 0 saturated carbocycles. The van der Waals surface area contributed by atoms with E-state index in [1.807, 2.05) is 44.2 Å². The average Bonchev–Trinajstić information content (AvgIpc) is 3.87. The molecule has 342 valence electrons. The average molecular weight is 891 g/mol. The van der Waals surface area contributed by atoms with E-state index in [4.69, 9.17) is 35.4 Å². The predicted octanol–water partition coefficient (Wildman–Crippen LogP) is 9.84. The number of terminal acetylenes is 1. The van der Waals surface area contributed by atoms with Crippen molar-refractivity contribution in [2.24, 2.45) is 5.92 Å². The van der Waals surface area contributed by atoms with E-state index >= 15 is 4.57 Å². The first kappa shape index (κ1) is 49.2. The smallest absolute Gasteiger partial charge is 0.459 e. The number of benzene rings is 2. The van der Waals surface area contributed by atoms with Crippen molar-refractivity contribution < 1.29 is 41.8 Å². The molecule has 63 heavy (non-hydrogen) atoms. The second-order valence-corrected chi connectivity index (χ2v) is 17.9. The van der Waals surface area contributed by atoms with Gasteiger partial charge in [-0.25, -0.2) is 9.55 Å². The van der Waals surface area contributed by atoms with E-state index in [1.165, 1.54) is 55.8 Å². The van der Waals surface area contributed by atoms with Crippen LogP contribution in [0.2, 0.25) is 0 Å². The number of hydrogen-bond donors (Lipinski definition) is 2. The number of nitrogens with zero attached hydrogens (tertiary/aromatic N) is 4. The van der Waals surface area contributed by atoms with Gasteiger partial charge >= 0.3 is 25.8 Å². The second kappa shape index (κ2) is 24.8. The molecule has 2 aromatic heterocycles. The van der Waals surface area contributed by atoms with Gasteiger partial charge in [0.15, 0.2) is 22.6 Å². The number of fused-ring (bicyclic) bond motifs is 1. The lowest BCUT2D eigenvalue weighted by molar-refractivity contribution is -0.158. The summed E-state index contributed by atoms with van der Waals surface area (Å²) >= 11 is 0. The Morgan fingerprint density at radius 2 is 1.60 bits per heavy atom. The molecule has 0 spiro atoms. The molecule has 0 radical (unpaired) electrons. The minimum atomic E-state index is -4.56. The fourth-order valence-corrected chi connectivity index (χ4v) is 9.08. The molecular weight excluding hydrogens is 827 g/mol. The third kappa shape index (κ3) is 14.6. The third-order valence-electron chi connectivity index (χ3n) is 11.4. The van der Waals surface area contributed by atoms with Gasteiger partial charge in [0, 0.05) is 12.8 Å². The van der Waals surface area contributed by atoms with Crippen LogP contribution in [0.1, 0.15) is 129 Å². The van der Waals surface area contributed by atoms with Crippen LogP contribution in [-0.2, 0) is 39.3 Å². The number of nitrogens with one attached hydrogen (secondary N) is 1. The lowest BCUT2D eigenvalue weighted by Gasteiger charge is -2.31. The maximum atomic E-state index is 15.1. The third-order valence-corrected chi connectivity index (χ3v) is 13.0. The first-order chi connectivity index (χ1) is 30.5. The topological polar surface area (TPSA) is 179 Å². The molecule has 3 heterocycles. The van der Waals surface area contributed by atoms with Gasteiger partial charge in [0.2, 0.25) is 0 Å². The Kier molecular flexibility index (Phi) is 19.4. The second-order valence-electron chi connectivity index (χ2n) is 16.2. The Labute approximate surface area is 371 Å². The molecule has 1 aliphatic rings. The van der Waals surface area contributed by atoms with E-state index < -0.39 is 56.3 Å². The van der Waals surface area contributed by atoms with E-state index in [2.05, 4.69) is 32.9 Å². The highest BCUT2D eigenvalue weighted by atomic mass is 31.2. The molecule has 1 saturated heterocycles. The molecule has 0 aliphatic carbocycles. The van der Waals surface area contributed by atoms with Crippen molar-refractivity contribution in [3.05, 3.63) is 78.6 Å². The molecule has 0 bridgehead atoms. The number of unbranched alkanes of at least 4 members (excludes halogenated alkanes) is 10. The maximum absolute atomic E-state index is 15.1. The first-order valence-electron chi connectivity index (χ1n) is 22.5. The Bertz CT molecular complexity index is 2120. The van der Waals surface area contributed by atoms with Crippen LogP contribution in [0.3, 0.4) is 0 Å². The molecule has 2 aromatic carbocycles. The van der Waals surface area contributed by atoms with Crippen LogP contribution in [0.4, 0.5) is 10.2 Å². The quantitative estimate of drug-likeness (QED) is 0.0181. The van der Waals surface area contributed by atoms with Crippen molar-refractivity contribution in [1.82, 2.24) is 24.6 Å². The van der Waals surface area contributed by atoms with Crippen molar-refractivity contribution in [2.45, 2.75) is 147 Å². The molecule has 1 fully saturated rings. The zero-order chi connectivity index (χ0) is 45.1. The lowest BCUT2D eigenvalue weighted by atomic mass is 9.98. The minimum Gasteiger partial charge on any atom is -0.464 e. The molecule has 5 atom stereocenters. The molecule has 16 heteroatoms. The fraction of sp³-hybridized carbons (Fsp3) is 0.553. The summed E-state index contributed by atoms with van der Waals surface area (Å²) in [5.41, 5.74) is 5.01. The molecular formula is C47H64FN6O8P. The molecule has 3 N–H and O–H groups in total. The van der Waals surface area contributed by atoms with Crippen LogP contribution < -0.4 is 15.3 Å². The highest BCUT2D eigenvalue weighted by Crippen LogP contribution is 2.49. The number of ether oxygens (including phenoxy) is 3. The van der Waals surface area contributed by atoms with Crippen LogP contribution in [0.15, 0.2) is 67.0 Å². The number of para-hydroxylation sites is 1. The van der Waals surface area contributed by atoms with E-state index in [1.54, 1.807) is 30.3 Å². The highest BCUT2D eigenvalue weighted by molar-refractivity contribution is 7.52. The van der Waals surface area contributed by atoms with Gasteiger partial charge in [0.05, 0.1) is 12.9 Å². The van der Waals surface area contributed by atoms with Gasteiger partial charge in [-0.1, -0.05) is 152 Å². The van der Waals surface area contributed by atoms with Crippen molar-refractivity contribution in [2.75, 3.05) is 18.9 Å². The summed E-state index contributed by atoms with van der Waals surface area (Å²) in [6.45, 7) is 5.80. The zero-order valence-corrected chi connectivity index (χ0v) is 37.8. The normalized spacial score (nSPS) is 18.8. The highest BCUT2D eigenvalue weighted by Gasteiger charge is 2.53. The number of aromatic nitrogens is 4. The van der Waals surface area contributed by atoms with Gasteiger partial charge in [-0.05, 0) is 36.5 Å². The van der Waals surface area contributed by atoms with Crippen molar-refractivity contribution in [3.8, 4) is 18.1 Å². The van der Waals surface area contributed by atoms with Gasteiger partial charge < -0.3 is 24.5 Å². The molecule has 4 aromatic rings. The van der Waals surface area contributed by atoms with Crippen LogP contribution in [0, 0.1) is 24.3 Å². The van der Waals surface area contributed by atoms with Crippen LogP contribution >= 0.6 is 7.75 Å². The number of rotatable bonds is 28. The number of anilines is 1.